The molecule has 0 aromatic heterocycles. The van der Waals surface area contributed by atoms with Crippen LogP contribution in [0.1, 0.15) is 5.56 Å². The number of morpholine rings is 1. The lowest BCUT2D eigenvalue weighted by Crippen LogP contribution is -2.38. The molecule has 0 aliphatic carbocycles. The summed E-state index contributed by atoms with van der Waals surface area (Å²) in [5.74, 6) is 0.750. The van der Waals surface area contributed by atoms with Crippen molar-refractivity contribution >= 4 is 28.4 Å². The van der Waals surface area contributed by atoms with Crippen LogP contribution >= 0.6 is 22.6 Å². The molecule has 0 unspecified atom stereocenters. The van der Waals surface area contributed by atoms with E-state index in [1.54, 1.807) is 0 Å². The Bertz CT molecular complexity index is 385. The molecule has 2 rings (SSSR count). The molecule has 1 saturated heterocycles. The van der Waals surface area contributed by atoms with Crippen molar-refractivity contribution in [2.24, 2.45) is 0 Å². The number of ether oxygens (including phenoxy) is 2. The zero-order valence-electron chi connectivity index (χ0n) is 10.4. The number of benzene rings is 1. The molecular formula is C14H18INO2. The van der Waals surface area contributed by atoms with E-state index in [1.807, 2.05) is 12.1 Å². The molecule has 0 bridgehead atoms. The van der Waals surface area contributed by atoms with Crippen LogP contribution in [-0.4, -0.2) is 44.4 Å². The number of halogens is 1. The lowest BCUT2D eigenvalue weighted by Gasteiger charge is -2.26. The van der Waals surface area contributed by atoms with E-state index in [0.29, 0.717) is 6.61 Å². The van der Waals surface area contributed by atoms with Crippen LogP contribution in [-0.2, 0) is 9.47 Å². The lowest BCUT2D eigenvalue weighted by molar-refractivity contribution is 0.0306. The smallest absolute Gasteiger partial charge is 0.119 e. The van der Waals surface area contributed by atoms with Gasteiger partial charge in [0, 0.05) is 28.8 Å². The monoisotopic (exact) mass is 359 g/mol. The van der Waals surface area contributed by atoms with E-state index in [2.05, 4.69) is 46.2 Å². The SMILES string of the molecule is C=C(OCCN1CCOCC1)c1ccc(I)cc1. The van der Waals surface area contributed by atoms with Crippen LogP contribution in [0.15, 0.2) is 30.8 Å². The maximum Gasteiger partial charge on any atom is 0.119 e. The Labute approximate surface area is 122 Å². The minimum atomic E-state index is 0.685. The fraction of sp³-hybridized carbons (Fsp3) is 0.429. The Morgan fingerprint density at radius 2 is 1.94 bits per heavy atom. The van der Waals surface area contributed by atoms with Gasteiger partial charge in [-0.25, -0.2) is 0 Å². The van der Waals surface area contributed by atoms with Crippen LogP contribution in [0.3, 0.4) is 0 Å². The van der Waals surface area contributed by atoms with E-state index >= 15 is 0 Å². The molecule has 0 spiro atoms. The van der Waals surface area contributed by atoms with Crippen molar-refractivity contribution in [3.05, 3.63) is 40.0 Å². The van der Waals surface area contributed by atoms with Crippen molar-refractivity contribution in [2.45, 2.75) is 0 Å². The summed E-state index contributed by atoms with van der Waals surface area (Å²) in [6.45, 7) is 9.25. The van der Waals surface area contributed by atoms with Gasteiger partial charge in [-0.05, 0) is 34.7 Å². The second-order valence-corrected chi connectivity index (χ2v) is 5.48. The van der Waals surface area contributed by atoms with Gasteiger partial charge in [0.25, 0.3) is 0 Å². The first-order valence-corrected chi connectivity index (χ1v) is 7.21. The molecule has 4 heteroatoms. The molecule has 0 N–H and O–H groups in total. The van der Waals surface area contributed by atoms with Gasteiger partial charge in [0.2, 0.25) is 0 Å². The van der Waals surface area contributed by atoms with Crippen LogP contribution in [0.25, 0.3) is 5.76 Å². The Morgan fingerprint density at radius 3 is 2.61 bits per heavy atom. The number of rotatable bonds is 5. The van der Waals surface area contributed by atoms with Crippen molar-refractivity contribution in [2.75, 3.05) is 39.5 Å². The third-order valence-electron chi connectivity index (χ3n) is 2.95. The van der Waals surface area contributed by atoms with Crippen LogP contribution < -0.4 is 0 Å². The van der Waals surface area contributed by atoms with Crippen molar-refractivity contribution < 1.29 is 9.47 Å². The molecular weight excluding hydrogens is 341 g/mol. The maximum absolute atomic E-state index is 5.69. The summed E-state index contributed by atoms with van der Waals surface area (Å²) in [7, 11) is 0. The minimum absolute atomic E-state index is 0.685. The van der Waals surface area contributed by atoms with Gasteiger partial charge in [-0.15, -0.1) is 0 Å². The fourth-order valence-electron chi connectivity index (χ4n) is 1.84. The molecule has 1 aromatic carbocycles. The van der Waals surface area contributed by atoms with Crippen LogP contribution in [0.2, 0.25) is 0 Å². The molecule has 1 fully saturated rings. The van der Waals surface area contributed by atoms with Crippen molar-refractivity contribution in [1.29, 1.82) is 0 Å². The fourth-order valence-corrected chi connectivity index (χ4v) is 2.20. The molecule has 0 saturated carbocycles. The van der Waals surface area contributed by atoms with E-state index in [4.69, 9.17) is 9.47 Å². The van der Waals surface area contributed by atoms with Gasteiger partial charge in [-0.3, -0.25) is 4.90 Å². The Balaban J connectivity index is 1.72. The quantitative estimate of drug-likeness (QED) is 0.596. The number of nitrogens with zero attached hydrogens (tertiary/aromatic N) is 1. The molecule has 0 atom stereocenters. The van der Waals surface area contributed by atoms with Gasteiger partial charge in [0.05, 0.1) is 13.2 Å². The largest absolute Gasteiger partial charge is 0.492 e. The zero-order valence-corrected chi connectivity index (χ0v) is 12.6. The second kappa shape index (κ2) is 7.11. The summed E-state index contributed by atoms with van der Waals surface area (Å²) < 4.78 is 12.2. The predicted molar refractivity (Wildman–Crippen MR) is 81.4 cm³/mol. The van der Waals surface area contributed by atoms with Crippen molar-refractivity contribution in [1.82, 2.24) is 4.90 Å². The second-order valence-electron chi connectivity index (χ2n) is 4.23. The first kappa shape index (κ1) is 13.8. The highest BCUT2D eigenvalue weighted by atomic mass is 127. The highest BCUT2D eigenvalue weighted by Crippen LogP contribution is 2.15. The summed E-state index contributed by atoms with van der Waals surface area (Å²) in [5.41, 5.74) is 1.05. The zero-order chi connectivity index (χ0) is 12.8. The molecule has 1 aliphatic heterocycles. The van der Waals surface area contributed by atoms with E-state index in [-0.39, 0.29) is 0 Å². The topological polar surface area (TPSA) is 21.7 Å². The third-order valence-corrected chi connectivity index (χ3v) is 3.67. The molecule has 98 valence electrons. The minimum Gasteiger partial charge on any atom is -0.492 e. The summed E-state index contributed by atoms with van der Waals surface area (Å²) in [6, 6.07) is 8.20. The summed E-state index contributed by atoms with van der Waals surface area (Å²) in [6.07, 6.45) is 0. The molecule has 1 heterocycles. The van der Waals surface area contributed by atoms with Gasteiger partial charge < -0.3 is 9.47 Å². The first-order valence-electron chi connectivity index (χ1n) is 6.13. The average molecular weight is 359 g/mol. The van der Waals surface area contributed by atoms with Crippen LogP contribution in [0.4, 0.5) is 0 Å². The lowest BCUT2D eigenvalue weighted by atomic mass is 10.2. The van der Waals surface area contributed by atoms with Crippen LogP contribution in [0.5, 0.6) is 0 Å². The highest BCUT2D eigenvalue weighted by Gasteiger charge is 2.10. The van der Waals surface area contributed by atoms with Gasteiger partial charge in [-0.2, -0.15) is 0 Å². The van der Waals surface area contributed by atoms with Gasteiger partial charge in [0.15, 0.2) is 0 Å². The van der Waals surface area contributed by atoms with E-state index in [9.17, 15) is 0 Å². The molecule has 0 amide bonds. The van der Waals surface area contributed by atoms with E-state index in [1.165, 1.54) is 3.57 Å². The summed E-state index contributed by atoms with van der Waals surface area (Å²) in [4.78, 5) is 2.35. The normalized spacial score (nSPS) is 16.5. The predicted octanol–water partition coefficient (Wildman–Crippen LogP) is 2.61. The van der Waals surface area contributed by atoms with E-state index in [0.717, 1.165) is 44.2 Å². The van der Waals surface area contributed by atoms with Crippen molar-refractivity contribution in [3.8, 4) is 0 Å². The van der Waals surface area contributed by atoms with Gasteiger partial charge >= 0.3 is 0 Å². The summed E-state index contributed by atoms with van der Waals surface area (Å²) in [5, 5.41) is 0. The molecule has 3 nitrogen and oxygen atoms in total. The number of hydrogen-bond acceptors (Lipinski definition) is 3. The van der Waals surface area contributed by atoms with E-state index < -0.39 is 0 Å². The Morgan fingerprint density at radius 1 is 1.28 bits per heavy atom. The van der Waals surface area contributed by atoms with Crippen molar-refractivity contribution in [3.63, 3.8) is 0 Å². The maximum atomic E-state index is 5.69. The average Bonchev–Trinajstić information content (AvgIpc) is 2.40. The van der Waals surface area contributed by atoms with Crippen LogP contribution in [0, 0.1) is 3.57 Å². The standard InChI is InChI=1S/C14H18INO2/c1-12(13-2-4-14(15)5-3-13)18-11-8-16-6-9-17-10-7-16/h2-5H,1,6-11H2. The molecule has 0 radical (unpaired) electrons. The van der Waals surface area contributed by atoms with Gasteiger partial charge in [0.1, 0.15) is 12.4 Å². The molecule has 1 aliphatic rings. The Hall–Kier alpha value is -0.590. The molecule has 1 aromatic rings. The molecule has 18 heavy (non-hydrogen) atoms. The Kier molecular flexibility index (Phi) is 5.46. The number of hydrogen-bond donors (Lipinski definition) is 0. The highest BCUT2D eigenvalue weighted by molar-refractivity contribution is 14.1. The van der Waals surface area contributed by atoms with Gasteiger partial charge in [-0.1, -0.05) is 18.7 Å². The first-order chi connectivity index (χ1) is 8.75. The summed E-state index contributed by atoms with van der Waals surface area (Å²) >= 11 is 2.29. The third kappa shape index (κ3) is 4.26.